The molecule has 0 aliphatic rings. The predicted molar refractivity (Wildman–Crippen MR) is 78.2 cm³/mol. The van der Waals surface area contributed by atoms with E-state index in [2.05, 4.69) is 20.3 Å². The SMILES string of the molecule is CCC(=O)Nc1cccc(-c2ncnc3[nH]ccc23)c1. The monoisotopic (exact) mass is 266 g/mol. The van der Waals surface area contributed by atoms with Crippen LogP contribution in [-0.2, 0) is 4.79 Å². The number of hydrogen-bond acceptors (Lipinski definition) is 3. The van der Waals surface area contributed by atoms with Crippen LogP contribution in [0.2, 0.25) is 0 Å². The van der Waals surface area contributed by atoms with Crippen LogP contribution in [0.25, 0.3) is 22.3 Å². The van der Waals surface area contributed by atoms with Crippen molar-refractivity contribution in [2.75, 3.05) is 5.32 Å². The zero-order valence-electron chi connectivity index (χ0n) is 11.1. The first-order chi connectivity index (χ1) is 9.78. The highest BCUT2D eigenvalue weighted by Gasteiger charge is 2.08. The summed E-state index contributed by atoms with van der Waals surface area (Å²) in [7, 11) is 0. The van der Waals surface area contributed by atoms with Gasteiger partial charge in [0.25, 0.3) is 0 Å². The van der Waals surface area contributed by atoms with Gasteiger partial charge in [0.15, 0.2) is 0 Å². The van der Waals surface area contributed by atoms with Gasteiger partial charge < -0.3 is 10.3 Å². The van der Waals surface area contributed by atoms with Crippen LogP contribution in [0.1, 0.15) is 13.3 Å². The van der Waals surface area contributed by atoms with Crippen molar-refractivity contribution in [1.29, 1.82) is 0 Å². The molecular weight excluding hydrogens is 252 g/mol. The maximum Gasteiger partial charge on any atom is 0.224 e. The Morgan fingerprint density at radius 1 is 1.30 bits per heavy atom. The smallest absolute Gasteiger partial charge is 0.224 e. The zero-order valence-corrected chi connectivity index (χ0v) is 11.1. The number of aromatic nitrogens is 3. The second kappa shape index (κ2) is 5.13. The first kappa shape index (κ1) is 12.3. The van der Waals surface area contributed by atoms with Crippen LogP contribution in [0.3, 0.4) is 0 Å². The molecule has 0 aliphatic heterocycles. The molecule has 2 N–H and O–H groups in total. The van der Waals surface area contributed by atoms with Gasteiger partial charge in [0, 0.05) is 29.3 Å². The minimum absolute atomic E-state index is 0.00312. The fraction of sp³-hybridized carbons (Fsp3) is 0.133. The molecule has 0 saturated heterocycles. The molecule has 0 radical (unpaired) electrons. The third kappa shape index (κ3) is 2.25. The van der Waals surface area contributed by atoms with Gasteiger partial charge >= 0.3 is 0 Å². The van der Waals surface area contributed by atoms with Gasteiger partial charge in [0.1, 0.15) is 12.0 Å². The first-order valence-electron chi connectivity index (χ1n) is 6.46. The van der Waals surface area contributed by atoms with Gasteiger partial charge in [-0.05, 0) is 18.2 Å². The molecule has 100 valence electrons. The number of aromatic amines is 1. The molecule has 0 fully saturated rings. The number of carbonyl (C=O) groups is 1. The molecule has 2 heterocycles. The molecule has 1 amide bonds. The minimum Gasteiger partial charge on any atom is -0.346 e. The predicted octanol–water partition coefficient (Wildman–Crippen LogP) is 2.97. The highest BCUT2D eigenvalue weighted by atomic mass is 16.1. The topological polar surface area (TPSA) is 70.7 Å². The van der Waals surface area contributed by atoms with Gasteiger partial charge in [-0.1, -0.05) is 19.1 Å². The van der Waals surface area contributed by atoms with E-state index in [0.29, 0.717) is 6.42 Å². The van der Waals surface area contributed by atoms with E-state index in [9.17, 15) is 4.79 Å². The third-order valence-electron chi connectivity index (χ3n) is 3.09. The summed E-state index contributed by atoms with van der Waals surface area (Å²) in [5.41, 5.74) is 3.38. The number of rotatable bonds is 3. The van der Waals surface area contributed by atoms with E-state index in [1.165, 1.54) is 6.33 Å². The average molecular weight is 266 g/mol. The Morgan fingerprint density at radius 2 is 2.20 bits per heavy atom. The maximum absolute atomic E-state index is 11.5. The second-order valence-corrected chi connectivity index (χ2v) is 4.44. The Bertz CT molecular complexity index is 763. The van der Waals surface area contributed by atoms with Crippen molar-refractivity contribution in [3.63, 3.8) is 0 Å². The Hall–Kier alpha value is -2.69. The largest absolute Gasteiger partial charge is 0.346 e. The maximum atomic E-state index is 11.5. The molecule has 0 aliphatic carbocycles. The van der Waals surface area contributed by atoms with Crippen molar-refractivity contribution in [2.24, 2.45) is 0 Å². The van der Waals surface area contributed by atoms with Gasteiger partial charge in [-0.25, -0.2) is 9.97 Å². The molecule has 0 atom stereocenters. The summed E-state index contributed by atoms with van der Waals surface area (Å²) >= 11 is 0. The lowest BCUT2D eigenvalue weighted by molar-refractivity contribution is -0.115. The molecule has 5 nitrogen and oxygen atoms in total. The van der Waals surface area contributed by atoms with Crippen LogP contribution in [0, 0.1) is 0 Å². The van der Waals surface area contributed by atoms with Crippen molar-refractivity contribution >= 4 is 22.6 Å². The molecule has 0 spiro atoms. The van der Waals surface area contributed by atoms with Gasteiger partial charge in [0.05, 0.1) is 5.69 Å². The fourth-order valence-electron chi connectivity index (χ4n) is 2.10. The van der Waals surface area contributed by atoms with Gasteiger partial charge in [-0.2, -0.15) is 0 Å². The van der Waals surface area contributed by atoms with Crippen molar-refractivity contribution in [3.8, 4) is 11.3 Å². The van der Waals surface area contributed by atoms with Gasteiger partial charge in [0.2, 0.25) is 5.91 Å². The quantitative estimate of drug-likeness (QED) is 0.765. The lowest BCUT2D eigenvalue weighted by atomic mass is 10.1. The van der Waals surface area contributed by atoms with E-state index in [-0.39, 0.29) is 5.91 Å². The summed E-state index contributed by atoms with van der Waals surface area (Å²) in [6, 6.07) is 9.61. The number of nitrogens with one attached hydrogen (secondary N) is 2. The number of H-pyrrole nitrogens is 1. The summed E-state index contributed by atoms with van der Waals surface area (Å²) in [6.45, 7) is 1.83. The van der Waals surface area contributed by atoms with Gasteiger partial charge in [-0.15, -0.1) is 0 Å². The average Bonchev–Trinajstić information content (AvgIpc) is 2.95. The molecule has 0 unspecified atom stereocenters. The number of hydrogen-bond donors (Lipinski definition) is 2. The summed E-state index contributed by atoms with van der Waals surface area (Å²) in [6.07, 6.45) is 3.83. The molecule has 1 aromatic carbocycles. The number of fused-ring (bicyclic) bond motifs is 1. The number of carbonyl (C=O) groups excluding carboxylic acids is 1. The number of amides is 1. The Labute approximate surface area is 116 Å². The van der Waals surface area contributed by atoms with Crippen molar-refractivity contribution in [1.82, 2.24) is 15.0 Å². The van der Waals surface area contributed by atoms with Crippen LogP contribution in [0.15, 0.2) is 42.9 Å². The lowest BCUT2D eigenvalue weighted by Gasteiger charge is -2.07. The molecule has 0 saturated carbocycles. The Balaban J connectivity index is 2.04. The summed E-state index contributed by atoms with van der Waals surface area (Å²) in [5.74, 6) is -0.00312. The standard InChI is InChI=1S/C15H14N4O/c1-2-13(20)19-11-5-3-4-10(8-11)14-12-6-7-16-15(12)18-9-17-14/h3-9H,2H2,1H3,(H,19,20)(H,16,17,18). The fourth-order valence-corrected chi connectivity index (χ4v) is 2.10. The molecule has 20 heavy (non-hydrogen) atoms. The molecule has 3 aromatic rings. The summed E-state index contributed by atoms with van der Waals surface area (Å²) in [4.78, 5) is 23.0. The number of benzene rings is 1. The zero-order chi connectivity index (χ0) is 13.9. The van der Waals surface area contributed by atoms with E-state index in [1.807, 2.05) is 43.5 Å². The van der Waals surface area contributed by atoms with E-state index < -0.39 is 0 Å². The third-order valence-corrected chi connectivity index (χ3v) is 3.09. The Morgan fingerprint density at radius 3 is 3.05 bits per heavy atom. The van der Waals surface area contributed by atoms with Crippen LogP contribution >= 0.6 is 0 Å². The van der Waals surface area contributed by atoms with Crippen molar-refractivity contribution in [3.05, 3.63) is 42.9 Å². The van der Waals surface area contributed by atoms with Crippen LogP contribution in [0.4, 0.5) is 5.69 Å². The van der Waals surface area contributed by atoms with Crippen molar-refractivity contribution < 1.29 is 4.79 Å². The summed E-state index contributed by atoms with van der Waals surface area (Å²) in [5, 5.41) is 3.82. The molecule has 5 heteroatoms. The van der Waals surface area contributed by atoms with Crippen LogP contribution < -0.4 is 5.32 Å². The molecule has 0 bridgehead atoms. The van der Waals surface area contributed by atoms with Crippen LogP contribution in [-0.4, -0.2) is 20.9 Å². The van der Waals surface area contributed by atoms with Crippen LogP contribution in [0.5, 0.6) is 0 Å². The van der Waals surface area contributed by atoms with Gasteiger partial charge in [-0.3, -0.25) is 4.79 Å². The second-order valence-electron chi connectivity index (χ2n) is 4.44. The summed E-state index contributed by atoms with van der Waals surface area (Å²) < 4.78 is 0. The molecule has 3 rings (SSSR count). The Kier molecular flexibility index (Phi) is 3.16. The molecular formula is C15H14N4O. The lowest BCUT2D eigenvalue weighted by Crippen LogP contribution is -2.09. The first-order valence-corrected chi connectivity index (χ1v) is 6.46. The van der Waals surface area contributed by atoms with E-state index >= 15 is 0 Å². The van der Waals surface area contributed by atoms with E-state index in [4.69, 9.17) is 0 Å². The van der Waals surface area contributed by atoms with E-state index in [1.54, 1.807) is 0 Å². The number of nitrogens with zero attached hydrogens (tertiary/aromatic N) is 2. The highest BCUT2D eigenvalue weighted by Crippen LogP contribution is 2.26. The highest BCUT2D eigenvalue weighted by molar-refractivity contribution is 5.94. The minimum atomic E-state index is -0.00312. The van der Waals surface area contributed by atoms with Crippen molar-refractivity contribution in [2.45, 2.75) is 13.3 Å². The van der Waals surface area contributed by atoms with E-state index in [0.717, 1.165) is 28.0 Å². The normalized spacial score (nSPS) is 10.7. The number of anilines is 1. The molecule has 2 aromatic heterocycles.